The summed E-state index contributed by atoms with van der Waals surface area (Å²) in [5, 5.41) is 5.83. The van der Waals surface area contributed by atoms with Crippen LogP contribution in [0, 0.1) is 0 Å². The van der Waals surface area contributed by atoms with Crippen molar-refractivity contribution in [2.75, 3.05) is 0 Å². The Kier molecular flexibility index (Phi) is 6.87. The lowest BCUT2D eigenvalue weighted by molar-refractivity contribution is -0.131. The minimum atomic E-state index is -0.290. The molecule has 0 bridgehead atoms. The Morgan fingerprint density at radius 3 is 1.36 bits per heavy atom. The number of Topliss-reactive ketones (excluding diaryl/α,β-unsaturated/α-hetero) is 1. The Balaban J connectivity index is 1.63. The molecule has 124 valence electrons. The van der Waals surface area contributed by atoms with Crippen LogP contribution in [0.3, 0.4) is 0 Å². The van der Waals surface area contributed by atoms with Gasteiger partial charge in [0, 0.05) is 12.1 Å². The van der Waals surface area contributed by atoms with Crippen LogP contribution in [-0.4, -0.2) is 29.7 Å². The van der Waals surface area contributed by atoms with E-state index in [2.05, 4.69) is 10.6 Å². The number of hydrogen-bond acceptors (Lipinski definition) is 3. The third-order valence-electron chi connectivity index (χ3n) is 4.66. The first-order valence-corrected chi connectivity index (χ1v) is 8.74. The Hall–Kier alpha value is -1.39. The predicted molar refractivity (Wildman–Crippen MR) is 84.3 cm³/mol. The van der Waals surface area contributed by atoms with Crippen molar-refractivity contribution in [1.29, 1.82) is 0 Å². The van der Waals surface area contributed by atoms with Gasteiger partial charge in [0.25, 0.3) is 0 Å². The molecule has 2 N–H and O–H groups in total. The van der Waals surface area contributed by atoms with Gasteiger partial charge in [0.15, 0.2) is 5.78 Å². The largest absolute Gasteiger partial charge is 0.353 e. The summed E-state index contributed by atoms with van der Waals surface area (Å²) in [5.74, 6) is -0.758. The molecule has 22 heavy (non-hydrogen) atoms. The standard InChI is InChI=1S/C17H28N2O3/c20-15(11-16(21)18-13-7-3-1-4-8-13)12-17(22)19-14-9-5-2-6-10-14/h13-14H,1-12H2,(H,18,21)(H,19,22). The van der Waals surface area contributed by atoms with Gasteiger partial charge < -0.3 is 10.6 Å². The normalized spacial score (nSPS) is 20.4. The zero-order valence-corrected chi connectivity index (χ0v) is 13.4. The van der Waals surface area contributed by atoms with Crippen LogP contribution in [0.5, 0.6) is 0 Å². The summed E-state index contributed by atoms with van der Waals surface area (Å²) in [6.45, 7) is 0. The molecule has 2 aliphatic rings. The third-order valence-corrected chi connectivity index (χ3v) is 4.66. The van der Waals surface area contributed by atoms with Gasteiger partial charge >= 0.3 is 0 Å². The molecule has 2 aliphatic carbocycles. The van der Waals surface area contributed by atoms with Gasteiger partial charge in [-0.2, -0.15) is 0 Å². The van der Waals surface area contributed by atoms with Crippen LogP contribution in [0.25, 0.3) is 0 Å². The Labute approximate surface area is 132 Å². The van der Waals surface area contributed by atoms with Gasteiger partial charge in [-0.25, -0.2) is 0 Å². The molecule has 2 rings (SSSR count). The molecule has 0 saturated heterocycles. The smallest absolute Gasteiger partial charge is 0.227 e. The van der Waals surface area contributed by atoms with Crippen LogP contribution < -0.4 is 10.6 Å². The van der Waals surface area contributed by atoms with Gasteiger partial charge in [0.1, 0.15) is 0 Å². The first kappa shape index (κ1) is 17.0. The number of rotatable bonds is 6. The molecular formula is C17H28N2O3. The van der Waals surface area contributed by atoms with Crippen molar-refractivity contribution in [2.45, 2.75) is 89.1 Å². The quantitative estimate of drug-likeness (QED) is 0.739. The molecular weight excluding hydrogens is 280 g/mol. The maximum absolute atomic E-state index is 11.8. The zero-order chi connectivity index (χ0) is 15.8. The second-order valence-electron chi connectivity index (χ2n) is 6.70. The van der Waals surface area contributed by atoms with E-state index < -0.39 is 0 Å². The summed E-state index contributed by atoms with van der Waals surface area (Å²) in [4.78, 5) is 35.5. The molecule has 0 aromatic heterocycles. The van der Waals surface area contributed by atoms with Gasteiger partial charge in [-0.05, 0) is 25.7 Å². The third kappa shape index (κ3) is 6.16. The van der Waals surface area contributed by atoms with Crippen LogP contribution in [0.1, 0.15) is 77.0 Å². The topological polar surface area (TPSA) is 75.3 Å². The number of carbonyl (C=O) groups is 3. The number of nitrogens with one attached hydrogen (secondary N) is 2. The fraction of sp³-hybridized carbons (Fsp3) is 0.824. The highest BCUT2D eigenvalue weighted by atomic mass is 16.2. The maximum Gasteiger partial charge on any atom is 0.227 e. The molecule has 2 saturated carbocycles. The van der Waals surface area contributed by atoms with Gasteiger partial charge in [-0.3, -0.25) is 14.4 Å². The van der Waals surface area contributed by atoms with Crippen LogP contribution in [-0.2, 0) is 14.4 Å². The number of carbonyl (C=O) groups excluding carboxylic acids is 3. The van der Waals surface area contributed by atoms with E-state index in [-0.39, 0.29) is 42.5 Å². The summed E-state index contributed by atoms with van der Waals surface area (Å²) >= 11 is 0. The second kappa shape index (κ2) is 8.91. The molecule has 0 unspecified atom stereocenters. The minimum Gasteiger partial charge on any atom is -0.353 e. The fourth-order valence-corrected chi connectivity index (χ4v) is 3.47. The lowest BCUT2D eigenvalue weighted by atomic mass is 9.95. The van der Waals surface area contributed by atoms with Crippen molar-refractivity contribution in [1.82, 2.24) is 10.6 Å². The Morgan fingerprint density at radius 2 is 1.00 bits per heavy atom. The van der Waals surface area contributed by atoms with Crippen molar-refractivity contribution >= 4 is 17.6 Å². The van der Waals surface area contributed by atoms with E-state index in [0.29, 0.717) is 0 Å². The monoisotopic (exact) mass is 308 g/mol. The van der Waals surface area contributed by atoms with E-state index >= 15 is 0 Å². The van der Waals surface area contributed by atoms with E-state index in [1.54, 1.807) is 0 Å². The van der Waals surface area contributed by atoms with Crippen molar-refractivity contribution < 1.29 is 14.4 Å². The minimum absolute atomic E-state index is 0.172. The van der Waals surface area contributed by atoms with E-state index in [0.717, 1.165) is 51.4 Å². The van der Waals surface area contributed by atoms with Crippen molar-refractivity contribution in [3.05, 3.63) is 0 Å². The van der Waals surface area contributed by atoms with Crippen LogP contribution in [0.2, 0.25) is 0 Å². The maximum atomic E-state index is 11.8. The molecule has 0 atom stereocenters. The highest BCUT2D eigenvalue weighted by Gasteiger charge is 2.20. The fourth-order valence-electron chi connectivity index (χ4n) is 3.47. The zero-order valence-electron chi connectivity index (χ0n) is 13.4. The first-order valence-electron chi connectivity index (χ1n) is 8.74. The predicted octanol–water partition coefficient (Wildman–Crippen LogP) is 2.23. The average Bonchev–Trinajstić information content (AvgIpc) is 2.48. The molecule has 0 spiro atoms. The van der Waals surface area contributed by atoms with E-state index in [1.807, 2.05) is 0 Å². The number of amides is 2. The molecule has 5 nitrogen and oxygen atoms in total. The molecule has 2 fully saturated rings. The highest BCUT2D eigenvalue weighted by molar-refractivity contribution is 6.06. The van der Waals surface area contributed by atoms with Crippen LogP contribution in [0.4, 0.5) is 0 Å². The van der Waals surface area contributed by atoms with Crippen molar-refractivity contribution in [3.63, 3.8) is 0 Å². The van der Waals surface area contributed by atoms with E-state index in [9.17, 15) is 14.4 Å². The summed E-state index contributed by atoms with van der Waals surface area (Å²) < 4.78 is 0. The molecule has 0 heterocycles. The highest BCUT2D eigenvalue weighted by Crippen LogP contribution is 2.18. The Bertz CT molecular complexity index is 361. The first-order chi connectivity index (χ1) is 10.6. The molecule has 0 aromatic rings. The second-order valence-corrected chi connectivity index (χ2v) is 6.70. The van der Waals surface area contributed by atoms with Crippen LogP contribution in [0.15, 0.2) is 0 Å². The lowest BCUT2D eigenvalue weighted by Crippen LogP contribution is -2.39. The molecule has 2 amide bonds. The Morgan fingerprint density at radius 1 is 0.636 bits per heavy atom. The summed E-state index contributed by atoms with van der Waals surface area (Å²) in [6, 6.07) is 0.426. The summed E-state index contributed by atoms with van der Waals surface area (Å²) in [7, 11) is 0. The average molecular weight is 308 g/mol. The molecule has 0 radical (unpaired) electrons. The number of hydrogen-bond donors (Lipinski definition) is 2. The number of ketones is 1. The SMILES string of the molecule is O=C(CC(=O)NC1CCCCC1)CC(=O)NC1CCCCC1. The van der Waals surface area contributed by atoms with Gasteiger partial charge in [-0.1, -0.05) is 38.5 Å². The summed E-state index contributed by atoms with van der Waals surface area (Å²) in [5.41, 5.74) is 0. The van der Waals surface area contributed by atoms with Gasteiger partial charge in [0.05, 0.1) is 12.8 Å². The van der Waals surface area contributed by atoms with Crippen molar-refractivity contribution in [3.8, 4) is 0 Å². The van der Waals surface area contributed by atoms with Gasteiger partial charge in [0.2, 0.25) is 11.8 Å². The van der Waals surface area contributed by atoms with E-state index in [4.69, 9.17) is 0 Å². The molecule has 0 aromatic carbocycles. The van der Waals surface area contributed by atoms with Crippen LogP contribution >= 0.6 is 0 Å². The van der Waals surface area contributed by atoms with E-state index in [1.165, 1.54) is 12.8 Å². The molecule has 5 heteroatoms. The van der Waals surface area contributed by atoms with Gasteiger partial charge in [-0.15, -0.1) is 0 Å². The van der Waals surface area contributed by atoms with Crippen molar-refractivity contribution in [2.24, 2.45) is 0 Å². The summed E-state index contributed by atoms with van der Waals surface area (Å²) in [6.07, 6.45) is 10.7. The molecule has 0 aliphatic heterocycles. The lowest BCUT2D eigenvalue weighted by Gasteiger charge is -2.23.